The SMILES string of the molecule is Cc1cc(Br)c2c(c1Br)C(Cl)CC(C)(C)CC2. The maximum Gasteiger partial charge on any atom is 0.0604 e. The minimum Gasteiger partial charge on any atom is -0.118 e. The van der Waals surface area contributed by atoms with Crippen LogP contribution in [0.1, 0.15) is 48.8 Å². The number of halogens is 3. The molecule has 0 heterocycles. The third-order valence-corrected chi connectivity index (χ3v) is 5.77. The first kappa shape index (κ1) is 13.9. The molecule has 0 spiro atoms. The summed E-state index contributed by atoms with van der Waals surface area (Å²) in [6.07, 6.45) is 3.33. The maximum absolute atomic E-state index is 6.63. The number of rotatable bonds is 0. The van der Waals surface area contributed by atoms with E-state index in [0.29, 0.717) is 5.41 Å². The van der Waals surface area contributed by atoms with Gasteiger partial charge in [0.05, 0.1) is 5.38 Å². The Morgan fingerprint density at radius 2 is 2.00 bits per heavy atom. The Balaban J connectivity index is 2.59. The molecular weight excluding hydrogens is 363 g/mol. The van der Waals surface area contributed by atoms with Crippen LogP contribution < -0.4 is 0 Å². The van der Waals surface area contributed by atoms with Crippen LogP contribution in [0.4, 0.5) is 0 Å². The van der Waals surface area contributed by atoms with E-state index in [0.717, 1.165) is 12.8 Å². The van der Waals surface area contributed by atoms with Crippen molar-refractivity contribution >= 4 is 43.5 Å². The van der Waals surface area contributed by atoms with Gasteiger partial charge in [0.2, 0.25) is 0 Å². The third-order valence-electron chi connectivity index (χ3n) is 3.64. The molecule has 0 radical (unpaired) electrons. The van der Waals surface area contributed by atoms with Crippen LogP contribution >= 0.6 is 43.5 Å². The van der Waals surface area contributed by atoms with E-state index in [1.165, 1.54) is 32.1 Å². The molecule has 3 heteroatoms. The van der Waals surface area contributed by atoms with Crippen molar-refractivity contribution in [3.05, 3.63) is 31.7 Å². The zero-order chi connectivity index (χ0) is 12.8. The predicted molar refractivity (Wildman–Crippen MR) is 81.9 cm³/mol. The Kier molecular flexibility index (Phi) is 3.97. The summed E-state index contributed by atoms with van der Waals surface area (Å²) < 4.78 is 2.39. The molecule has 2 rings (SSSR count). The zero-order valence-corrected chi connectivity index (χ0v) is 14.3. The van der Waals surface area contributed by atoms with Crippen molar-refractivity contribution in [3.8, 4) is 0 Å². The van der Waals surface area contributed by atoms with Gasteiger partial charge in [-0.1, -0.05) is 45.7 Å². The molecule has 0 N–H and O–H groups in total. The molecule has 1 atom stereocenters. The molecule has 0 bridgehead atoms. The lowest BCUT2D eigenvalue weighted by Crippen LogP contribution is -2.11. The van der Waals surface area contributed by atoms with Crippen LogP contribution in [-0.4, -0.2) is 0 Å². The minimum atomic E-state index is 0.105. The summed E-state index contributed by atoms with van der Waals surface area (Å²) in [5.74, 6) is 0. The second-order valence-electron chi connectivity index (χ2n) is 5.72. The molecule has 17 heavy (non-hydrogen) atoms. The van der Waals surface area contributed by atoms with Crippen molar-refractivity contribution in [1.29, 1.82) is 0 Å². The monoisotopic (exact) mass is 378 g/mol. The first-order valence-electron chi connectivity index (χ1n) is 5.93. The van der Waals surface area contributed by atoms with E-state index in [9.17, 15) is 0 Å². The van der Waals surface area contributed by atoms with Crippen molar-refractivity contribution in [2.75, 3.05) is 0 Å². The van der Waals surface area contributed by atoms with Gasteiger partial charge in [0, 0.05) is 8.95 Å². The molecule has 0 amide bonds. The zero-order valence-electron chi connectivity index (χ0n) is 10.4. The standard InChI is InChI=1S/C14H17Br2Cl/c1-8-6-10(15)9-4-5-14(2,3)7-11(17)12(9)13(8)16/h6,11H,4-5,7H2,1-3H3. The van der Waals surface area contributed by atoms with E-state index >= 15 is 0 Å². The molecule has 0 saturated heterocycles. The predicted octanol–water partition coefficient (Wildman–Crippen LogP) is 6.16. The molecule has 1 aliphatic carbocycles. The smallest absolute Gasteiger partial charge is 0.0604 e. The lowest BCUT2D eigenvalue weighted by Gasteiger charge is -2.24. The number of fused-ring (bicyclic) bond motifs is 1. The molecule has 0 fully saturated rings. The van der Waals surface area contributed by atoms with Gasteiger partial charge < -0.3 is 0 Å². The molecule has 0 saturated carbocycles. The van der Waals surface area contributed by atoms with Crippen LogP contribution in [0.2, 0.25) is 0 Å². The Bertz CT molecular complexity index is 452. The summed E-state index contributed by atoms with van der Waals surface area (Å²) in [6.45, 7) is 6.74. The molecule has 0 nitrogen and oxygen atoms in total. The highest BCUT2D eigenvalue weighted by Gasteiger charge is 2.31. The second kappa shape index (κ2) is 4.86. The van der Waals surface area contributed by atoms with Crippen LogP contribution in [-0.2, 0) is 6.42 Å². The Labute approximate surface area is 125 Å². The van der Waals surface area contributed by atoms with Gasteiger partial charge >= 0.3 is 0 Å². The van der Waals surface area contributed by atoms with Crippen molar-refractivity contribution in [2.45, 2.75) is 45.4 Å². The Hall–Kier alpha value is 0.470. The highest BCUT2D eigenvalue weighted by Crippen LogP contribution is 2.47. The van der Waals surface area contributed by atoms with Gasteiger partial charge in [0.15, 0.2) is 0 Å². The Morgan fingerprint density at radius 1 is 1.35 bits per heavy atom. The number of hydrogen-bond acceptors (Lipinski definition) is 0. The number of aryl methyl sites for hydroxylation is 1. The molecule has 0 aromatic heterocycles. The highest BCUT2D eigenvalue weighted by atomic mass is 79.9. The lowest BCUT2D eigenvalue weighted by atomic mass is 9.84. The van der Waals surface area contributed by atoms with Crippen molar-refractivity contribution in [3.63, 3.8) is 0 Å². The van der Waals surface area contributed by atoms with Gasteiger partial charge in [-0.15, -0.1) is 11.6 Å². The molecule has 1 aromatic carbocycles. The van der Waals surface area contributed by atoms with Crippen LogP contribution in [0.5, 0.6) is 0 Å². The molecule has 1 aliphatic rings. The van der Waals surface area contributed by atoms with E-state index in [-0.39, 0.29) is 5.38 Å². The van der Waals surface area contributed by atoms with Crippen LogP contribution in [0.25, 0.3) is 0 Å². The van der Waals surface area contributed by atoms with Gasteiger partial charge in [-0.2, -0.15) is 0 Å². The summed E-state index contributed by atoms with van der Waals surface area (Å²) in [5.41, 5.74) is 4.25. The second-order valence-corrected chi connectivity index (χ2v) is 7.89. The van der Waals surface area contributed by atoms with Gasteiger partial charge in [0.25, 0.3) is 0 Å². The molecule has 1 unspecified atom stereocenters. The minimum absolute atomic E-state index is 0.105. The first-order chi connectivity index (χ1) is 7.82. The van der Waals surface area contributed by atoms with Crippen molar-refractivity contribution < 1.29 is 0 Å². The fourth-order valence-electron chi connectivity index (χ4n) is 2.55. The molecule has 0 aliphatic heterocycles. The normalized spacial score (nSPS) is 23.1. The molecule has 1 aromatic rings. The van der Waals surface area contributed by atoms with E-state index in [1.807, 2.05) is 0 Å². The quantitative estimate of drug-likeness (QED) is 0.373. The van der Waals surface area contributed by atoms with E-state index < -0.39 is 0 Å². The summed E-state index contributed by atoms with van der Waals surface area (Å²) >= 11 is 14.0. The third kappa shape index (κ3) is 2.74. The maximum atomic E-state index is 6.63. The Morgan fingerprint density at radius 3 is 2.65 bits per heavy atom. The van der Waals surface area contributed by atoms with E-state index in [2.05, 4.69) is 58.7 Å². The summed E-state index contributed by atoms with van der Waals surface area (Å²) in [4.78, 5) is 0. The average molecular weight is 381 g/mol. The summed E-state index contributed by atoms with van der Waals surface area (Å²) in [5, 5.41) is 0.105. The topological polar surface area (TPSA) is 0 Å². The first-order valence-corrected chi connectivity index (χ1v) is 7.95. The van der Waals surface area contributed by atoms with E-state index in [1.54, 1.807) is 0 Å². The van der Waals surface area contributed by atoms with E-state index in [4.69, 9.17) is 11.6 Å². The van der Waals surface area contributed by atoms with Crippen LogP contribution in [0.15, 0.2) is 15.0 Å². The summed E-state index contributed by atoms with van der Waals surface area (Å²) in [6, 6.07) is 2.19. The molecular formula is C14H17Br2Cl. The number of alkyl halides is 1. The fraction of sp³-hybridized carbons (Fsp3) is 0.571. The molecule has 94 valence electrons. The van der Waals surface area contributed by atoms with Crippen LogP contribution in [0, 0.1) is 12.3 Å². The summed E-state index contributed by atoms with van der Waals surface area (Å²) in [7, 11) is 0. The van der Waals surface area contributed by atoms with Gasteiger partial charge in [0.1, 0.15) is 0 Å². The van der Waals surface area contributed by atoms with Crippen molar-refractivity contribution in [1.82, 2.24) is 0 Å². The fourth-order valence-corrected chi connectivity index (χ4v) is 4.72. The average Bonchev–Trinajstić information content (AvgIpc) is 2.31. The highest BCUT2D eigenvalue weighted by molar-refractivity contribution is 9.11. The van der Waals surface area contributed by atoms with Gasteiger partial charge in [-0.3, -0.25) is 0 Å². The number of hydrogen-bond donors (Lipinski definition) is 0. The van der Waals surface area contributed by atoms with Crippen molar-refractivity contribution in [2.24, 2.45) is 5.41 Å². The van der Waals surface area contributed by atoms with Gasteiger partial charge in [-0.25, -0.2) is 0 Å². The van der Waals surface area contributed by atoms with Gasteiger partial charge in [-0.05, 0) is 54.4 Å². The largest absolute Gasteiger partial charge is 0.118 e. The van der Waals surface area contributed by atoms with Crippen LogP contribution in [0.3, 0.4) is 0 Å². The lowest BCUT2D eigenvalue weighted by molar-refractivity contribution is 0.313. The number of benzene rings is 1.